The fourth-order valence-corrected chi connectivity index (χ4v) is 1.70. The van der Waals surface area contributed by atoms with Crippen molar-refractivity contribution in [2.45, 2.75) is 6.54 Å². The summed E-state index contributed by atoms with van der Waals surface area (Å²) in [5.74, 6) is -0.421. The molecule has 0 aliphatic rings. The molecule has 2 aromatic rings. The van der Waals surface area contributed by atoms with E-state index < -0.39 is 5.82 Å². The molecule has 0 spiro atoms. The van der Waals surface area contributed by atoms with Crippen LogP contribution in [0.4, 0.5) is 20.5 Å². The van der Waals surface area contributed by atoms with Crippen molar-refractivity contribution in [2.75, 3.05) is 24.3 Å². The average Bonchev–Trinajstić information content (AvgIpc) is 2.42. The third-order valence-corrected chi connectivity index (χ3v) is 2.68. The van der Waals surface area contributed by atoms with Gasteiger partial charge >= 0.3 is 0 Å². The van der Waals surface area contributed by atoms with E-state index in [2.05, 4.69) is 15.3 Å². The summed E-state index contributed by atoms with van der Waals surface area (Å²) in [7, 11) is 3.30. The fourth-order valence-electron chi connectivity index (χ4n) is 1.70. The highest BCUT2D eigenvalue weighted by molar-refractivity contribution is 5.43. The van der Waals surface area contributed by atoms with Gasteiger partial charge in [0.25, 0.3) is 0 Å². The van der Waals surface area contributed by atoms with Gasteiger partial charge in [0.05, 0.1) is 6.20 Å². The van der Waals surface area contributed by atoms with Crippen LogP contribution in [0.3, 0.4) is 0 Å². The first-order valence-corrected chi connectivity index (χ1v) is 5.76. The minimum absolute atomic E-state index is 0.127. The standard InChI is InChI=1S/C13H14F2N4/c1-16-13-17-7-11(15)12(18-13)19(2)8-9-5-3-4-6-10(9)14/h3-7H,8H2,1-2H3,(H,16,17,18). The molecule has 19 heavy (non-hydrogen) atoms. The van der Waals surface area contributed by atoms with Crippen molar-refractivity contribution < 1.29 is 8.78 Å². The SMILES string of the molecule is CNc1ncc(F)c(N(C)Cc2ccccc2F)n1. The Balaban J connectivity index is 2.25. The lowest BCUT2D eigenvalue weighted by molar-refractivity contribution is 0.594. The van der Waals surface area contributed by atoms with E-state index in [0.717, 1.165) is 6.20 Å². The molecule has 1 aromatic heterocycles. The lowest BCUT2D eigenvalue weighted by Gasteiger charge is -2.19. The van der Waals surface area contributed by atoms with Gasteiger partial charge in [0.1, 0.15) is 5.82 Å². The molecule has 4 nitrogen and oxygen atoms in total. The molecular weight excluding hydrogens is 250 g/mol. The van der Waals surface area contributed by atoms with Gasteiger partial charge in [-0.1, -0.05) is 18.2 Å². The van der Waals surface area contributed by atoms with Gasteiger partial charge in [0, 0.05) is 26.2 Å². The monoisotopic (exact) mass is 264 g/mol. The van der Waals surface area contributed by atoms with Gasteiger partial charge in [-0.3, -0.25) is 0 Å². The summed E-state index contributed by atoms with van der Waals surface area (Å²) < 4.78 is 27.2. The zero-order chi connectivity index (χ0) is 13.8. The van der Waals surface area contributed by atoms with E-state index in [-0.39, 0.29) is 18.2 Å². The molecule has 0 radical (unpaired) electrons. The Hall–Kier alpha value is -2.24. The van der Waals surface area contributed by atoms with E-state index >= 15 is 0 Å². The maximum Gasteiger partial charge on any atom is 0.224 e. The summed E-state index contributed by atoms with van der Waals surface area (Å²) in [6.07, 6.45) is 1.09. The van der Waals surface area contributed by atoms with Gasteiger partial charge in [-0.05, 0) is 6.07 Å². The van der Waals surface area contributed by atoms with Crippen molar-refractivity contribution >= 4 is 11.8 Å². The molecule has 0 amide bonds. The molecule has 1 heterocycles. The molecule has 0 atom stereocenters. The molecule has 100 valence electrons. The minimum Gasteiger partial charge on any atom is -0.357 e. The van der Waals surface area contributed by atoms with Crippen molar-refractivity contribution in [1.29, 1.82) is 0 Å². The lowest BCUT2D eigenvalue weighted by Crippen LogP contribution is -2.20. The highest BCUT2D eigenvalue weighted by Gasteiger charge is 2.13. The van der Waals surface area contributed by atoms with Crippen molar-refractivity contribution in [2.24, 2.45) is 0 Å². The normalized spacial score (nSPS) is 10.3. The summed E-state index contributed by atoms with van der Waals surface area (Å²) in [4.78, 5) is 9.33. The molecule has 0 aliphatic carbocycles. The molecule has 0 fully saturated rings. The Labute approximate surface area is 110 Å². The van der Waals surface area contributed by atoms with E-state index in [9.17, 15) is 8.78 Å². The molecule has 1 N–H and O–H groups in total. The van der Waals surface area contributed by atoms with Crippen LogP contribution in [-0.4, -0.2) is 24.1 Å². The Morgan fingerprint density at radius 2 is 1.95 bits per heavy atom. The first-order valence-electron chi connectivity index (χ1n) is 5.76. The first kappa shape index (κ1) is 13.2. The third-order valence-electron chi connectivity index (χ3n) is 2.68. The largest absolute Gasteiger partial charge is 0.357 e. The zero-order valence-electron chi connectivity index (χ0n) is 10.7. The van der Waals surface area contributed by atoms with Crippen LogP contribution in [0.5, 0.6) is 0 Å². The molecule has 6 heteroatoms. The Morgan fingerprint density at radius 3 is 2.63 bits per heavy atom. The molecule has 0 bridgehead atoms. The van der Waals surface area contributed by atoms with Crippen LogP contribution in [0.2, 0.25) is 0 Å². The maximum atomic E-state index is 13.7. The van der Waals surface area contributed by atoms with Crippen LogP contribution in [0.15, 0.2) is 30.5 Å². The topological polar surface area (TPSA) is 41.1 Å². The molecule has 2 rings (SSSR count). The van der Waals surface area contributed by atoms with Gasteiger partial charge < -0.3 is 10.2 Å². The van der Waals surface area contributed by atoms with E-state index in [1.807, 2.05) is 0 Å². The second kappa shape index (κ2) is 5.60. The van der Waals surface area contributed by atoms with Gasteiger partial charge in [-0.15, -0.1) is 0 Å². The molecule has 0 unspecified atom stereocenters. The van der Waals surface area contributed by atoms with E-state index in [0.29, 0.717) is 11.5 Å². The number of nitrogens with zero attached hydrogens (tertiary/aromatic N) is 3. The molecular formula is C13H14F2N4. The Morgan fingerprint density at radius 1 is 1.21 bits per heavy atom. The van der Waals surface area contributed by atoms with Crippen LogP contribution in [-0.2, 0) is 6.54 Å². The lowest BCUT2D eigenvalue weighted by atomic mass is 10.2. The van der Waals surface area contributed by atoms with Crippen molar-refractivity contribution in [1.82, 2.24) is 9.97 Å². The number of aromatic nitrogens is 2. The highest BCUT2D eigenvalue weighted by Crippen LogP contribution is 2.19. The summed E-state index contributed by atoms with van der Waals surface area (Å²) in [6.45, 7) is 0.226. The van der Waals surface area contributed by atoms with Crippen molar-refractivity contribution in [3.8, 4) is 0 Å². The third kappa shape index (κ3) is 2.96. The predicted molar refractivity (Wildman–Crippen MR) is 70.0 cm³/mol. The van der Waals surface area contributed by atoms with Gasteiger partial charge in [-0.2, -0.15) is 4.98 Å². The highest BCUT2D eigenvalue weighted by atomic mass is 19.1. The number of nitrogens with one attached hydrogen (secondary N) is 1. The maximum absolute atomic E-state index is 13.7. The van der Waals surface area contributed by atoms with E-state index in [1.54, 1.807) is 32.3 Å². The molecule has 0 saturated heterocycles. The van der Waals surface area contributed by atoms with Crippen LogP contribution < -0.4 is 10.2 Å². The van der Waals surface area contributed by atoms with E-state index in [4.69, 9.17) is 0 Å². The van der Waals surface area contributed by atoms with Crippen LogP contribution in [0, 0.1) is 11.6 Å². The average molecular weight is 264 g/mol. The van der Waals surface area contributed by atoms with Crippen molar-refractivity contribution in [3.05, 3.63) is 47.7 Å². The number of hydrogen-bond acceptors (Lipinski definition) is 4. The van der Waals surface area contributed by atoms with E-state index in [1.165, 1.54) is 11.0 Å². The smallest absolute Gasteiger partial charge is 0.224 e. The number of rotatable bonds is 4. The molecule has 0 aliphatic heterocycles. The number of halogens is 2. The van der Waals surface area contributed by atoms with Crippen LogP contribution >= 0.6 is 0 Å². The summed E-state index contributed by atoms with van der Waals surface area (Å²) >= 11 is 0. The summed E-state index contributed by atoms with van der Waals surface area (Å²) in [5.41, 5.74) is 0.481. The second-order valence-electron chi connectivity index (χ2n) is 4.06. The number of hydrogen-bond donors (Lipinski definition) is 1. The summed E-state index contributed by atoms with van der Waals surface area (Å²) in [6, 6.07) is 6.38. The van der Waals surface area contributed by atoms with Gasteiger partial charge in [0.2, 0.25) is 5.95 Å². The van der Waals surface area contributed by atoms with Crippen LogP contribution in [0.25, 0.3) is 0 Å². The minimum atomic E-state index is -0.544. The Bertz CT molecular complexity index is 574. The predicted octanol–water partition coefficient (Wildman–Crippen LogP) is 2.43. The quantitative estimate of drug-likeness (QED) is 0.920. The van der Waals surface area contributed by atoms with Gasteiger partial charge in [-0.25, -0.2) is 13.8 Å². The first-order chi connectivity index (χ1) is 9.11. The van der Waals surface area contributed by atoms with Crippen molar-refractivity contribution in [3.63, 3.8) is 0 Å². The second-order valence-corrected chi connectivity index (χ2v) is 4.06. The number of benzene rings is 1. The van der Waals surface area contributed by atoms with Crippen LogP contribution in [0.1, 0.15) is 5.56 Å². The Kier molecular flexibility index (Phi) is 3.89. The molecule has 1 aromatic carbocycles. The number of anilines is 2. The molecule has 0 saturated carbocycles. The fraction of sp³-hybridized carbons (Fsp3) is 0.231. The zero-order valence-corrected chi connectivity index (χ0v) is 10.7. The summed E-state index contributed by atoms with van der Waals surface area (Å²) in [5, 5.41) is 2.74. The van der Waals surface area contributed by atoms with Gasteiger partial charge in [0.15, 0.2) is 11.6 Å².